The normalized spacial score (nSPS) is 11.4. The zero-order valence-corrected chi connectivity index (χ0v) is 15.2. The fraction of sp³-hybridized carbons (Fsp3) is 0.350. The predicted molar refractivity (Wildman–Crippen MR) is 103 cm³/mol. The van der Waals surface area contributed by atoms with E-state index in [2.05, 4.69) is 30.2 Å². The summed E-state index contributed by atoms with van der Waals surface area (Å²) < 4.78 is 10.8. The second-order valence-corrected chi connectivity index (χ2v) is 6.02. The second kappa shape index (κ2) is 9.69. The summed E-state index contributed by atoms with van der Waals surface area (Å²) in [4.78, 5) is 4.33. The van der Waals surface area contributed by atoms with Crippen LogP contribution >= 0.6 is 0 Å². The quantitative estimate of drug-likeness (QED) is 0.437. The summed E-state index contributed by atoms with van der Waals surface area (Å²) >= 11 is 0. The number of nitrogens with zero attached hydrogens (tertiary/aromatic N) is 1. The van der Waals surface area contributed by atoms with Crippen LogP contribution in [0.3, 0.4) is 0 Å². The minimum Gasteiger partial charge on any atom is -0.497 e. The molecule has 134 valence electrons. The number of nitrogens with one attached hydrogen (secondary N) is 1. The topological polar surface area (TPSA) is 68.9 Å². The van der Waals surface area contributed by atoms with Crippen LogP contribution < -0.4 is 15.8 Å². The highest BCUT2D eigenvalue weighted by Crippen LogP contribution is 2.13. The van der Waals surface area contributed by atoms with Crippen molar-refractivity contribution < 1.29 is 9.47 Å². The van der Waals surface area contributed by atoms with Gasteiger partial charge in [0.2, 0.25) is 0 Å². The van der Waals surface area contributed by atoms with E-state index < -0.39 is 0 Å². The summed E-state index contributed by atoms with van der Waals surface area (Å²) in [7, 11) is 1.66. The Hall–Kier alpha value is -2.53. The lowest BCUT2D eigenvalue weighted by Crippen LogP contribution is -2.23. The Labute approximate surface area is 149 Å². The predicted octanol–water partition coefficient (Wildman–Crippen LogP) is 3.65. The van der Waals surface area contributed by atoms with Crippen molar-refractivity contribution in [1.29, 1.82) is 0 Å². The molecule has 0 amide bonds. The molecule has 2 rings (SSSR count). The maximum absolute atomic E-state index is 5.93. The number of ether oxygens (including phenoxy) is 2. The maximum atomic E-state index is 5.93. The highest BCUT2D eigenvalue weighted by molar-refractivity contribution is 5.92. The van der Waals surface area contributed by atoms with Gasteiger partial charge in [-0.15, -0.1) is 0 Å². The van der Waals surface area contributed by atoms with E-state index >= 15 is 0 Å². The van der Waals surface area contributed by atoms with Gasteiger partial charge in [0.05, 0.1) is 13.7 Å². The molecule has 25 heavy (non-hydrogen) atoms. The molecule has 0 saturated heterocycles. The van der Waals surface area contributed by atoms with E-state index in [0.29, 0.717) is 25.7 Å². The van der Waals surface area contributed by atoms with Gasteiger partial charge in [-0.05, 0) is 61.2 Å². The van der Waals surface area contributed by atoms with Crippen molar-refractivity contribution in [2.45, 2.75) is 26.9 Å². The standard InChI is InChI=1S/C20H27N3O2/c1-15-11-16(2)13-18(12-15)23-20(21)22-9-4-10-25-14-17-5-7-19(24-3)8-6-17/h5-8,11-13H,4,9-10,14H2,1-3H3,(H3,21,22,23). The first-order valence-electron chi connectivity index (χ1n) is 8.43. The Balaban J connectivity index is 1.66. The summed E-state index contributed by atoms with van der Waals surface area (Å²) in [6.07, 6.45) is 0.825. The molecule has 0 fully saturated rings. The van der Waals surface area contributed by atoms with Crippen LogP contribution in [0.1, 0.15) is 23.1 Å². The highest BCUT2D eigenvalue weighted by atomic mass is 16.5. The van der Waals surface area contributed by atoms with Gasteiger partial charge in [-0.25, -0.2) is 0 Å². The molecular weight excluding hydrogens is 314 g/mol. The van der Waals surface area contributed by atoms with Crippen LogP contribution in [0.2, 0.25) is 0 Å². The molecule has 0 unspecified atom stereocenters. The first-order chi connectivity index (χ1) is 12.1. The fourth-order valence-corrected chi connectivity index (χ4v) is 2.51. The minimum absolute atomic E-state index is 0.431. The molecule has 0 aromatic heterocycles. The molecule has 0 aliphatic rings. The summed E-state index contributed by atoms with van der Waals surface area (Å²) in [6.45, 7) is 5.99. The van der Waals surface area contributed by atoms with Gasteiger partial charge in [-0.1, -0.05) is 18.2 Å². The van der Waals surface area contributed by atoms with E-state index in [4.69, 9.17) is 15.2 Å². The van der Waals surface area contributed by atoms with Gasteiger partial charge in [0.1, 0.15) is 5.75 Å². The number of nitrogens with two attached hydrogens (primary N) is 1. The molecule has 2 aromatic rings. The van der Waals surface area contributed by atoms with E-state index in [1.165, 1.54) is 11.1 Å². The van der Waals surface area contributed by atoms with E-state index in [1.807, 2.05) is 36.4 Å². The molecule has 5 heteroatoms. The Bertz CT molecular complexity index is 676. The Morgan fingerprint density at radius 1 is 1.08 bits per heavy atom. The molecule has 2 aromatic carbocycles. The van der Waals surface area contributed by atoms with Crippen molar-refractivity contribution in [3.05, 3.63) is 59.2 Å². The van der Waals surface area contributed by atoms with Gasteiger partial charge in [0, 0.05) is 18.8 Å². The molecule has 0 aliphatic carbocycles. The molecule has 0 spiro atoms. The first-order valence-corrected chi connectivity index (χ1v) is 8.43. The van der Waals surface area contributed by atoms with Crippen molar-refractivity contribution in [2.24, 2.45) is 10.7 Å². The SMILES string of the molecule is COc1ccc(COCCCN=C(N)Nc2cc(C)cc(C)c2)cc1. The number of hydrogen-bond donors (Lipinski definition) is 2. The molecule has 0 saturated carbocycles. The fourth-order valence-electron chi connectivity index (χ4n) is 2.51. The Morgan fingerprint density at radius 3 is 2.40 bits per heavy atom. The Morgan fingerprint density at radius 2 is 1.76 bits per heavy atom. The summed E-state index contributed by atoms with van der Waals surface area (Å²) in [5, 5.41) is 3.13. The van der Waals surface area contributed by atoms with Gasteiger partial charge in [0.15, 0.2) is 5.96 Å². The zero-order valence-electron chi connectivity index (χ0n) is 15.2. The van der Waals surface area contributed by atoms with Crippen LogP contribution in [0.4, 0.5) is 5.69 Å². The first kappa shape index (κ1) is 18.8. The van der Waals surface area contributed by atoms with Gasteiger partial charge in [-0.2, -0.15) is 0 Å². The van der Waals surface area contributed by atoms with Crippen molar-refractivity contribution >= 4 is 11.6 Å². The average molecular weight is 341 g/mol. The van der Waals surface area contributed by atoms with Gasteiger partial charge >= 0.3 is 0 Å². The second-order valence-electron chi connectivity index (χ2n) is 6.02. The number of aliphatic imine (C=N–C) groups is 1. The van der Waals surface area contributed by atoms with Crippen LogP contribution in [0.25, 0.3) is 0 Å². The molecule has 3 N–H and O–H groups in total. The Kier molecular flexibility index (Phi) is 7.29. The minimum atomic E-state index is 0.431. The smallest absolute Gasteiger partial charge is 0.193 e. The van der Waals surface area contributed by atoms with Crippen LogP contribution in [-0.4, -0.2) is 26.2 Å². The van der Waals surface area contributed by atoms with E-state index in [0.717, 1.165) is 23.4 Å². The zero-order chi connectivity index (χ0) is 18.1. The van der Waals surface area contributed by atoms with Crippen LogP contribution in [0.15, 0.2) is 47.5 Å². The molecule has 0 radical (unpaired) electrons. The largest absolute Gasteiger partial charge is 0.497 e. The lowest BCUT2D eigenvalue weighted by molar-refractivity contribution is 0.120. The van der Waals surface area contributed by atoms with Crippen LogP contribution in [0, 0.1) is 13.8 Å². The number of guanidine groups is 1. The maximum Gasteiger partial charge on any atom is 0.193 e. The van der Waals surface area contributed by atoms with Crippen LogP contribution in [0.5, 0.6) is 5.75 Å². The molecule has 0 atom stereocenters. The molecule has 0 bridgehead atoms. The number of benzene rings is 2. The molecular formula is C20H27N3O2. The van der Waals surface area contributed by atoms with E-state index in [1.54, 1.807) is 7.11 Å². The third kappa shape index (κ3) is 6.85. The third-order valence-electron chi connectivity index (χ3n) is 3.65. The van der Waals surface area contributed by atoms with E-state index in [-0.39, 0.29) is 0 Å². The molecule has 0 aliphatic heterocycles. The van der Waals surface area contributed by atoms with Gasteiger partial charge in [-0.3, -0.25) is 4.99 Å². The van der Waals surface area contributed by atoms with Crippen molar-refractivity contribution in [2.75, 3.05) is 25.6 Å². The summed E-state index contributed by atoms with van der Waals surface area (Å²) in [6, 6.07) is 14.1. The van der Waals surface area contributed by atoms with E-state index in [9.17, 15) is 0 Å². The number of aryl methyl sites for hydroxylation is 2. The van der Waals surface area contributed by atoms with Gasteiger partial charge in [0.25, 0.3) is 0 Å². The number of rotatable bonds is 8. The average Bonchev–Trinajstić information content (AvgIpc) is 2.57. The number of methoxy groups -OCH3 is 1. The van der Waals surface area contributed by atoms with Crippen LogP contribution in [-0.2, 0) is 11.3 Å². The van der Waals surface area contributed by atoms with Gasteiger partial charge < -0.3 is 20.5 Å². The highest BCUT2D eigenvalue weighted by Gasteiger charge is 1.98. The monoisotopic (exact) mass is 341 g/mol. The number of hydrogen-bond acceptors (Lipinski definition) is 3. The van der Waals surface area contributed by atoms with Crippen molar-refractivity contribution in [3.8, 4) is 5.75 Å². The summed E-state index contributed by atoms with van der Waals surface area (Å²) in [5.74, 6) is 1.28. The summed E-state index contributed by atoms with van der Waals surface area (Å²) in [5.41, 5.74) is 10.4. The lowest BCUT2D eigenvalue weighted by atomic mass is 10.1. The van der Waals surface area contributed by atoms with Crippen molar-refractivity contribution in [1.82, 2.24) is 0 Å². The van der Waals surface area contributed by atoms with Crippen molar-refractivity contribution in [3.63, 3.8) is 0 Å². The molecule has 0 heterocycles. The third-order valence-corrected chi connectivity index (χ3v) is 3.65. The number of anilines is 1. The lowest BCUT2D eigenvalue weighted by Gasteiger charge is -2.08. The molecule has 5 nitrogen and oxygen atoms in total.